The maximum absolute atomic E-state index is 12.0. The Labute approximate surface area is 122 Å². The Hall–Kier alpha value is -0.970. The van der Waals surface area contributed by atoms with Crippen LogP contribution in [0.3, 0.4) is 0 Å². The minimum absolute atomic E-state index is 0.314. The van der Waals surface area contributed by atoms with Gasteiger partial charge in [-0.05, 0) is 37.0 Å². The van der Waals surface area contributed by atoms with E-state index in [2.05, 4.69) is 5.32 Å². The number of carbonyl (C=O) groups is 1. The van der Waals surface area contributed by atoms with Gasteiger partial charge in [0.1, 0.15) is 0 Å². The van der Waals surface area contributed by atoms with Gasteiger partial charge in [0.05, 0.1) is 16.8 Å². The Kier molecular flexibility index (Phi) is 4.55. The Balaban J connectivity index is 1.93. The van der Waals surface area contributed by atoms with Crippen molar-refractivity contribution < 1.29 is 9.90 Å². The van der Waals surface area contributed by atoms with Crippen LogP contribution in [-0.4, -0.2) is 35.7 Å². The van der Waals surface area contributed by atoms with Crippen molar-refractivity contribution in [3.05, 3.63) is 28.2 Å². The van der Waals surface area contributed by atoms with Crippen LogP contribution in [0.25, 0.3) is 0 Å². The molecule has 0 saturated heterocycles. The number of carbonyl (C=O) groups excluding carboxylic acids is 1. The summed E-state index contributed by atoms with van der Waals surface area (Å²) in [4.78, 5) is 13.4. The number of rotatable bonds is 4. The first-order valence-electron chi connectivity index (χ1n) is 6.12. The Morgan fingerprint density at radius 1 is 1.53 bits per heavy atom. The molecule has 19 heavy (non-hydrogen) atoms. The van der Waals surface area contributed by atoms with Gasteiger partial charge >= 0.3 is 6.03 Å². The van der Waals surface area contributed by atoms with Crippen LogP contribution in [0.1, 0.15) is 12.8 Å². The molecule has 0 heterocycles. The Bertz CT molecular complexity index is 478. The number of hydrogen-bond acceptors (Lipinski definition) is 2. The molecule has 2 N–H and O–H groups in total. The maximum atomic E-state index is 12.0. The number of aliphatic hydroxyl groups is 1. The van der Waals surface area contributed by atoms with E-state index in [0.717, 1.165) is 12.8 Å². The minimum Gasteiger partial charge on any atom is -0.391 e. The van der Waals surface area contributed by atoms with Gasteiger partial charge in [-0.25, -0.2) is 4.79 Å². The zero-order valence-electron chi connectivity index (χ0n) is 10.6. The van der Waals surface area contributed by atoms with E-state index in [-0.39, 0.29) is 6.03 Å². The van der Waals surface area contributed by atoms with Gasteiger partial charge in [0, 0.05) is 18.6 Å². The van der Waals surface area contributed by atoms with Crippen LogP contribution < -0.4 is 5.32 Å². The fourth-order valence-corrected chi connectivity index (χ4v) is 2.13. The zero-order chi connectivity index (χ0) is 14.0. The maximum Gasteiger partial charge on any atom is 0.321 e. The average Bonchev–Trinajstić information content (AvgIpc) is 3.17. The molecule has 1 aromatic carbocycles. The van der Waals surface area contributed by atoms with Crippen LogP contribution >= 0.6 is 23.2 Å². The number of benzene rings is 1. The minimum atomic E-state index is -0.453. The number of amides is 2. The summed E-state index contributed by atoms with van der Waals surface area (Å²) >= 11 is 11.8. The summed E-state index contributed by atoms with van der Waals surface area (Å²) in [5, 5.41) is 13.4. The van der Waals surface area contributed by atoms with Crippen molar-refractivity contribution >= 4 is 34.9 Å². The lowest BCUT2D eigenvalue weighted by molar-refractivity contribution is 0.117. The normalized spacial score (nSPS) is 16.0. The lowest BCUT2D eigenvalue weighted by Gasteiger charge is -2.21. The largest absolute Gasteiger partial charge is 0.391 e. The molecule has 4 nitrogen and oxygen atoms in total. The summed E-state index contributed by atoms with van der Waals surface area (Å²) in [5.74, 6) is 0.338. The van der Waals surface area contributed by atoms with Crippen LogP contribution in [0, 0.1) is 5.92 Å². The van der Waals surface area contributed by atoms with Gasteiger partial charge in [-0.3, -0.25) is 0 Å². The third-order valence-corrected chi connectivity index (χ3v) is 3.71. The average molecular weight is 303 g/mol. The number of likely N-dealkylation sites (N-methyl/N-ethyl adjacent to an activating group) is 1. The summed E-state index contributed by atoms with van der Waals surface area (Å²) in [6.07, 6.45) is 1.62. The number of aliphatic hydroxyl groups excluding tert-OH is 1. The Morgan fingerprint density at radius 3 is 2.84 bits per heavy atom. The third-order valence-electron chi connectivity index (χ3n) is 3.14. The number of hydrogen-bond donors (Lipinski definition) is 2. The summed E-state index contributed by atoms with van der Waals surface area (Å²) < 4.78 is 0. The van der Waals surface area contributed by atoms with Gasteiger partial charge in [0.25, 0.3) is 0 Å². The summed E-state index contributed by atoms with van der Waals surface area (Å²) in [7, 11) is 1.64. The van der Waals surface area contributed by atoms with Crippen molar-refractivity contribution in [2.24, 2.45) is 5.92 Å². The smallest absolute Gasteiger partial charge is 0.321 e. The van der Waals surface area contributed by atoms with E-state index in [1.807, 2.05) is 0 Å². The molecule has 1 fully saturated rings. The van der Waals surface area contributed by atoms with Crippen LogP contribution in [0.5, 0.6) is 0 Å². The number of halogens is 2. The highest BCUT2D eigenvalue weighted by Gasteiger charge is 2.31. The van der Waals surface area contributed by atoms with E-state index >= 15 is 0 Å². The predicted octanol–water partition coefficient (Wildman–Crippen LogP) is 3.23. The fraction of sp³-hybridized carbons (Fsp3) is 0.462. The molecule has 0 bridgehead atoms. The van der Waals surface area contributed by atoms with Crippen molar-refractivity contribution in [1.29, 1.82) is 0 Å². The molecule has 2 amide bonds. The number of nitrogens with one attached hydrogen (secondary N) is 1. The van der Waals surface area contributed by atoms with Gasteiger partial charge in [-0.15, -0.1) is 0 Å². The lowest BCUT2D eigenvalue weighted by atomic mass is 10.2. The van der Waals surface area contributed by atoms with E-state index in [9.17, 15) is 9.90 Å². The molecule has 0 radical (unpaired) electrons. The van der Waals surface area contributed by atoms with Crippen molar-refractivity contribution in [3.63, 3.8) is 0 Å². The highest BCUT2D eigenvalue weighted by atomic mass is 35.5. The molecule has 104 valence electrons. The molecule has 6 heteroatoms. The lowest BCUT2D eigenvalue weighted by Crippen LogP contribution is -2.38. The second-order valence-corrected chi connectivity index (χ2v) is 5.68. The second-order valence-electron chi connectivity index (χ2n) is 4.84. The Morgan fingerprint density at radius 2 is 2.21 bits per heavy atom. The molecule has 1 aliphatic carbocycles. The third kappa shape index (κ3) is 4.00. The first-order valence-corrected chi connectivity index (χ1v) is 6.88. The molecule has 1 unspecified atom stereocenters. The van der Waals surface area contributed by atoms with Crippen molar-refractivity contribution in [2.75, 3.05) is 18.9 Å². The molecule has 1 aliphatic rings. The molecule has 1 atom stereocenters. The summed E-state index contributed by atoms with van der Waals surface area (Å²) in [6.45, 7) is 0.314. The van der Waals surface area contributed by atoms with Crippen molar-refractivity contribution in [3.8, 4) is 0 Å². The molecular weight excluding hydrogens is 287 g/mol. The van der Waals surface area contributed by atoms with Crippen LogP contribution in [-0.2, 0) is 0 Å². The van der Waals surface area contributed by atoms with Gasteiger partial charge < -0.3 is 15.3 Å². The van der Waals surface area contributed by atoms with E-state index in [1.54, 1.807) is 25.2 Å². The van der Waals surface area contributed by atoms with E-state index in [4.69, 9.17) is 23.2 Å². The standard InChI is InChI=1S/C13H16Cl2N2O2/c1-17(7-12(18)8-2-3-8)13(19)16-11-6-9(14)4-5-10(11)15/h4-6,8,12,18H,2-3,7H2,1H3,(H,16,19). The van der Waals surface area contributed by atoms with Crippen LogP contribution in [0.2, 0.25) is 10.0 Å². The van der Waals surface area contributed by atoms with Crippen LogP contribution in [0.15, 0.2) is 18.2 Å². The van der Waals surface area contributed by atoms with Gasteiger partial charge in [-0.1, -0.05) is 23.2 Å². The summed E-state index contributed by atoms with van der Waals surface area (Å²) in [5.41, 5.74) is 0.465. The zero-order valence-corrected chi connectivity index (χ0v) is 12.1. The summed E-state index contributed by atoms with van der Waals surface area (Å²) in [6, 6.07) is 4.55. The molecule has 0 aliphatic heterocycles. The number of nitrogens with zero attached hydrogens (tertiary/aromatic N) is 1. The number of anilines is 1. The molecule has 0 spiro atoms. The molecule has 1 aromatic rings. The second kappa shape index (κ2) is 5.99. The molecule has 0 aromatic heterocycles. The molecule has 1 saturated carbocycles. The van der Waals surface area contributed by atoms with Crippen molar-refractivity contribution in [1.82, 2.24) is 4.90 Å². The quantitative estimate of drug-likeness (QED) is 0.897. The van der Waals surface area contributed by atoms with Crippen molar-refractivity contribution in [2.45, 2.75) is 18.9 Å². The van der Waals surface area contributed by atoms with E-state index < -0.39 is 6.10 Å². The topological polar surface area (TPSA) is 52.6 Å². The van der Waals surface area contributed by atoms with E-state index in [1.165, 1.54) is 4.90 Å². The van der Waals surface area contributed by atoms with E-state index in [0.29, 0.717) is 28.2 Å². The first kappa shape index (κ1) is 14.4. The fourth-order valence-electron chi connectivity index (χ4n) is 1.80. The molecule has 2 rings (SSSR count). The molecular formula is C13H16Cl2N2O2. The monoisotopic (exact) mass is 302 g/mol. The SMILES string of the molecule is CN(CC(O)C1CC1)C(=O)Nc1cc(Cl)ccc1Cl. The highest BCUT2D eigenvalue weighted by molar-refractivity contribution is 6.35. The van der Waals surface area contributed by atoms with Crippen LogP contribution in [0.4, 0.5) is 10.5 Å². The van der Waals surface area contributed by atoms with Gasteiger partial charge in [0.15, 0.2) is 0 Å². The van der Waals surface area contributed by atoms with Gasteiger partial charge in [0.2, 0.25) is 0 Å². The first-order chi connectivity index (χ1) is 8.97. The highest BCUT2D eigenvalue weighted by Crippen LogP contribution is 2.32. The number of urea groups is 1. The van der Waals surface area contributed by atoms with Gasteiger partial charge in [-0.2, -0.15) is 0 Å². The predicted molar refractivity (Wildman–Crippen MR) is 76.8 cm³/mol.